The monoisotopic (exact) mass is 169 g/mol. The van der Waals surface area contributed by atoms with Crippen molar-refractivity contribution in [3.8, 4) is 0 Å². The fourth-order valence-corrected chi connectivity index (χ4v) is 0.949. The number of nitrogens with zero attached hydrogens (tertiary/aromatic N) is 1. The smallest absolute Gasteiger partial charge is 0.254 e. The average Bonchev–Trinajstić information content (AvgIpc) is 2.03. The molecule has 0 saturated carbocycles. The van der Waals surface area contributed by atoms with Crippen molar-refractivity contribution in [1.82, 2.24) is 4.98 Å². The molecular weight excluding hydrogens is 160 g/mol. The summed E-state index contributed by atoms with van der Waals surface area (Å²) in [6.45, 7) is 4.25. The SMILES string of the molecule is C=Cc1cccnc1C(C)(F)F. The van der Waals surface area contributed by atoms with Gasteiger partial charge in [-0.1, -0.05) is 18.7 Å². The highest BCUT2D eigenvalue weighted by atomic mass is 19.3. The van der Waals surface area contributed by atoms with E-state index >= 15 is 0 Å². The van der Waals surface area contributed by atoms with Gasteiger partial charge in [-0.3, -0.25) is 4.98 Å². The number of hydrogen-bond acceptors (Lipinski definition) is 1. The lowest BCUT2D eigenvalue weighted by Gasteiger charge is -2.11. The molecule has 0 aliphatic rings. The highest BCUT2D eigenvalue weighted by molar-refractivity contribution is 5.50. The minimum atomic E-state index is -2.90. The second kappa shape index (κ2) is 3.01. The van der Waals surface area contributed by atoms with Crippen LogP contribution >= 0.6 is 0 Å². The van der Waals surface area contributed by atoms with Gasteiger partial charge in [-0.25, -0.2) is 0 Å². The summed E-state index contributed by atoms with van der Waals surface area (Å²) in [6, 6.07) is 3.17. The zero-order valence-electron chi connectivity index (χ0n) is 6.72. The largest absolute Gasteiger partial charge is 0.287 e. The number of alkyl halides is 2. The molecule has 1 rings (SSSR count). The van der Waals surface area contributed by atoms with Gasteiger partial charge in [0.15, 0.2) is 0 Å². The Labute approximate surface area is 69.8 Å². The van der Waals surface area contributed by atoms with Gasteiger partial charge in [-0.2, -0.15) is 8.78 Å². The predicted octanol–water partition coefficient (Wildman–Crippen LogP) is 2.84. The van der Waals surface area contributed by atoms with E-state index in [-0.39, 0.29) is 5.69 Å². The van der Waals surface area contributed by atoms with E-state index in [1.54, 1.807) is 12.1 Å². The number of pyridine rings is 1. The van der Waals surface area contributed by atoms with Crippen molar-refractivity contribution in [3.05, 3.63) is 36.2 Å². The molecule has 0 saturated heterocycles. The molecule has 0 radical (unpaired) electrons. The van der Waals surface area contributed by atoms with Crippen LogP contribution in [0.5, 0.6) is 0 Å². The van der Waals surface area contributed by atoms with Gasteiger partial charge < -0.3 is 0 Å². The Morgan fingerprint density at radius 1 is 1.58 bits per heavy atom. The number of halogens is 2. The molecule has 1 aromatic rings. The maximum absolute atomic E-state index is 12.8. The first-order valence-corrected chi connectivity index (χ1v) is 3.51. The number of hydrogen-bond donors (Lipinski definition) is 0. The molecule has 1 aromatic heterocycles. The van der Waals surface area contributed by atoms with Crippen LogP contribution in [-0.2, 0) is 5.92 Å². The Bertz CT molecular complexity index is 289. The van der Waals surface area contributed by atoms with E-state index in [1.807, 2.05) is 0 Å². The van der Waals surface area contributed by atoms with Crippen LogP contribution in [0.3, 0.4) is 0 Å². The first kappa shape index (κ1) is 8.84. The summed E-state index contributed by atoms with van der Waals surface area (Å²) >= 11 is 0. The van der Waals surface area contributed by atoms with Gasteiger partial charge in [0.25, 0.3) is 5.92 Å². The molecule has 3 heteroatoms. The maximum Gasteiger partial charge on any atom is 0.287 e. The van der Waals surface area contributed by atoms with E-state index in [4.69, 9.17) is 0 Å². The Morgan fingerprint density at radius 2 is 2.25 bits per heavy atom. The van der Waals surface area contributed by atoms with Crippen molar-refractivity contribution in [2.45, 2.75) is 12.8 Å². The summed E-state index contributed by atoms with van der Waals surface area (Å²) in [7, 11) is 0. The topological polar surface area (TPSA) is 12.9 Å². The number of aromatic nitrogens is 1. The van der Waals surface area contributed by atoms with Gasteiger partial charge in [-0.05, 0) is 6.07 Å². The van der Waals surface area contributed by atoms with Crippen LogP contribution in [0, 0.1) is 0 Å². The third-order valence-corrected chi connectivity index (χ3v) is 1.47. The summed E-state index contributed by atoms with van der Waals surface area (Å²) in [5.41, 5.74) is 0.157. The van der Waals surface area contributed by atoms with Gasteiger partial charge in [0.05, 0.1) is 0 Å². The molecular formula is C9H9F2N. The van der Waals surface area contributed by atoms with Crippen molar-refractivity contribution in [3.63, 3.8) is 0 Å². The summed E-state index contributed by atoms with van der Waals surface area (Å²) in [5, 5.41) is 0. The molecule has 0 aliphatic heterocycles. The minimum absolute atomic E-state index is 0.222. The van der Waals surface area contributed by atoms with E-state index in [0.717, 1.165) is 6.92 Å². The third kappa shape index (κ3) is 1.67. The Hall–Kier alpha value is -1.25. The summed E-state index contributed by atoms with van der Waals surface area (Å²) in [4.78, 5) is 3.60. The lowest BCUT2D eigenvalue weighted by Crippen LogP contribution is -2.11. The fraction of sp³-hybridized carbons (Fsp3) is 0.222. The zero-order chi connectivity index (χ0) is 9.19. The number of rotatable bonds is 2. The molecule has 0 N–H and O–H groups in total. The summed E-state index contributed by atoms with van der Waals surface area (Å²) in [6.07, 6.45) is 2.72. The van der Waals surface area contributed by atoms with Crippen molar-refractivity contribution >= 4 is 6.08 Å². The molecule has 0 aliphatic carbocycles. The molecule has 0 aromatic carbocycles. The third-order valence-electron chi connectivity index (χ3n) is 1.47. The Balaban J connectivity index is 3.23. The van der Waals surface area contributed by atoms with Crippen LogP contribution in [0.2, 0.25) is 0 Å². The van der Waals surface area contributed by atoms with Gasteiger partial charge in [0.1, 0.15) is 5.69 Å². The zero-order valence-corrected chi connectivity index (χ0v) is 6.72. The average molecular weight is 169 g/mol. The summed E-state index contributed by atoms with van der Waals surface area (Å²) < 4.78 is 25.6. The molecule has 64 valence electrons. The second-order valence-electron chi connectivity index (χ2n) is 2.53. The van der Waals surface area contributed by atoms with Gasteiger partial charge in [-0.15, -0.1) is 0 Å². The van der Waals surface area contributed by atoms with Gasteiger partial charge in [0, 0.05) is 18.7 Å². The van der Waals surface area contributed by atoms with Crippen LogP contribution in [0.15, 0.2) is 24.9 Å². The fourth-order valence-electron chi connectivity index (χ4n) is 0.949. The van der Waals surface area contributed by atoms with Crippen LogP contribution in [0.1, 0.15) is 18.2 Å². The molecule has 0 amide bonds. The van der Waals surface area contributed by atoms with Gasteiger partial charge in [0.2, 0.25) is 0 Å². The highest BCUT2D eigenvalue weighted by Gasteiger charge is 2.27. The molecule has 0 fully saturated rings. The van der Waals surface area contributed by atoms with Crippen molar-refractivity contribution < 1.29 is 8.78 Å². The van der Waals surface area contributed by atoms with Crippen LogP contribution in [0.25, 0.3) is 6.08 Å². The molecule has 1 heterocycles. The first-order valence-electron chi connectivity index (χ1n) is 3.51. The first-order chi connectivity index (χ1) is 5.55. The standard InChI is InChI=1S/C9H9F2N/c1-3-7-5-4-6-12-8(7)9(2,10)11/h3-6H,1H2,2H3. The molecule has 0 bridgehead atoms. The van der Waals surface area contributed by atoms with E-state index < -0.39 is 5.92 Å². The lowest BCUT2D eigenvalue weighted by molar-refractivity contribution is 0.0125. The minimum Gasteiger partial charge on any atom is -0.254 e. The van der Waals surface area contributed by atoms with Crippen LogP contribution < -0.4 is 0 Å². The Morgan fingerprint density at radius 3 is 2.67 bits per heavy atom. The summed E-state index contributed by atoms with van der Waals surface area (Å²) in [5.74, 6) is -2.90. The van der Waals surface area contributed by atoms with Crippen molar-refractivity contribution in [2.75, 3.05) is 0 Å². The molecule has 0 spiro atoms. The van der Waals surface area contributed by atoms with Crippen LogP contribution in [-0.4, -0.2) is 4.98 Å². The maximum atomic E-state index is 12.8. The van der Waals surface area contributed by atoms with Gasteiger partial charge >= 0.3 is 0 Å². The predicted molar refractivity (Wildman–Crippen MR) is 43.9 cm³/mol. The van der Waals surface area contributed by atoms with E-state index in [0.29, 0.717) is 5.56 Å². The van der Waals surface area contributed by atoms with E-state index in [9.17, 15) is 8.78 Å². The normalized spacial score (nSPS) is 11.2. The lowest BCUT2D eigenvalue weighted by atomic mass is 10.1. The van der Waals surface area contributed by atoms with Crippen molar-refractivity contribution in [2.24, 2.45) is 0 Å². The molecule has 12 heavy (non-hydrogen) atoms. The molecule has 0 unspecified atom stereocenters. The van der Waals surface area contributed by atoms with Crippen molar-refractivity contribution in [1.29, 1.82) is 0 Å². The van der Waals surface area contributed by atoms with Crippen LogP contribution in [0.4, 0.5) is 8.78 Å². The van der Waals surface area contributed by atoms with E-state index in [1.165, 1.54) is 12.3 Å². The molecule has 1 nitrogen and oxygen atoms in total. The quantitative estimate of drug-likeness (QED) is 0.663. The molecule has 0 atom stereocenters. The second-order valence-corrected chi connectivity index (χ2v) is 2.53. The van der Waals surface area contributed by atoms with E-state index in [2.05, 4.69) is 11.6 Å². The Kier molecular flexibility index (Phi) is 2.22. The highest BCUT2D eigenvalue weighted by Crippen LogP contribution is 2.27.